The lowest BCUT2D eigenvalue weighted by Gasteiger charge is -2.23. The zero-order valence-corrected chi connectivity index (χ0v) is 17.1. The van der Waals surface area contributed by atoms with E-state index in [2.05, 4.69) is 5.32 Å². The molecule has 3 aliphatic rings. The molecule has 7 heteroatoms. The van der Waals surface area contributed by atoms with Crippen molar-refractivity contribution in [3.63, 3.8) is 0 Å². The minimum absolute atomic E-state index is 0.00476. The Hall–Kier alpha value is -2.77. The molecule has 3 atom stereocenters. The Kier molecular flexibility index (Phi) is 5.02. The molecule has 0 radical (unpaired) electrons. The van der Waals surface area contributed by atoms with Gasteiger partial charge in [-0.15, -0.1) is 0 Å². The number of hydrogen-bond donors (Lipinski definition) is 2. The van der Waals surface area contributed by atoms with Crippen LogP contribution in [0.25, 0.3) is 0 Å². The molecule has 1 saturated heterocycles. The van der Waals surface area contributed by atoms with E-state index in [1.54, 1.807) is 24.3 Å². The van der Waals surface area contributed by atoms with Crippen molar-refractivity contribution in [3.05, 3.63) is 59.4 Å². The van der Waals surface area contributed by atoms with Crippen LogP contribution in [0.3, 0.4) is 0 Å². The van der Waals surface area contributed by atoms with Crippen molar-refractivity contribution >= 4 is 17.4 Å². The van der Waals surface area contributed by atoms with Crippen molar-refractivity contribution in [2.75, 3.05) is 25.0 Å². The fraction of sp³-hybridized carbons (Fsp3) is 0.417. The highest BCUT2D eigenvalue weighted by Crippen LogP contribution is 2.43. The summed E-state index contributed by atoms with van der Waals surface area (Å²) in [5, 5.41) is 14.0. The number of hydrogen-bond acceptors (Lipinski definition) is 5. The van der Waals surface area contributed by atoms with Gasteiger partial charge in [0.15, 0.2) is 5.78 Å². The first kappa shape index (κ1) is 20.2. The van der Waals surface area contributed by atoms with Crippen molar-refractivity contribution < 1.29 is 23.8 Å². The Morgan fingerprint density at radius 2 is 2.03 bits per heavy atom. The van der Waals surface area contributed by atoms with Crippen LogP contribution < -0.4 is 10.1 Å². The fourth-order valence-electron chi connectivity index (χ4n) is 5.15. The molecule has 6 nitrogen and oxygen atoms in total. The molecule has 0 unspecified atom stereocenters. The van der Waals surface area contributed by atoms with Crippen LogP contribution in [0.15, 0.2) is 42.5 Å². The zero-order chi connectivity index (χ0) is 21.6. The fourth-order valence-corrected chi connectivity index (χ4v) is 5.15. The number of fused-ring (bicyclic) bond motifs is 2. The molecule has 31 heavy (non-hydrogen) atoms. The molecule has 0 aromatic heterocycles. The molecule has 2 heterocycles. The molecule has 0 bridgehead atoms. The van der Waals surface area contributed by atoms with E-state index in [0.29, 0.717) is 50.1 Å². The number of nitrogens with zero attached hydrogens (tertiary/aromatic N) is 1. The van der Waals surface area contributed by atoms with Crippen LogP contribution in [0.2, 0.25) is 0 Å². The van der Waals surface area contributed by atoms with E-state index >= 15 is 0 Å². The number of benzene rings is 2. The molecule has 2 N–H and O–H groups in total. The van der Waals surface area contributed by atoms with Gasteiger partial charge in [-0.3, -0.25) is 14.5 Å². The van der Waals surface area contributed by atoms with E-state index in [0.717, 1.165) is 11.3 Å². The molecule has 1 amide bonds. The van der Waals surface area contributed by atoms with Gasteiger partial charge in [-0.05, 0) is 60.9 Å². The van der Waals surface area contributed by atoms with Gasteiger partial charge in [-0.25, -0.2) is 4.39 Å². The summed E-state index contributed by atoms with van der Waals surface area (Å²) < 4.78 is 19.0. The second-order valence-corrected chi connectivity index (χ2v) is 8.95. The van der Waals surface area contributed by atoms with Crippen LogP contribution in [-0.2, 0) is 11.2 Å². The van der Waals surface area contributed by atoms with Gasteiger partial charge in [0.2, 0.25) is 5.91 Å². The number of nitrogens with one attached hydrogen (secondary N) is 1. The number of aryl methyl sites for hydroxylation is 1. The quantitative estimate of drug-likeness (QED) is 0.722. The first-order valence-corrected chi connectivity index (χ1v) is 10.7. The van der Waals surface area contributed by atoms with Crippen molar-refractivity contribution in [2.24, 2.45) is 5.92 Å². The van der Waals surface area contributed by atoms with Gasteiger partial charge in [-0.2, -0.15) is 0 Å². The summed E-state index contributed by atoms with van der Waals surface area (Å²) in [6.45, 7) is 1.34. The molecule has 1 aliphatic carbocycles. The second-order valence-electron chi connectivity index (χ2n) is 8.95. The molecule has 0 spiro atoms. The number of carbonyl (C=O) groups is 2. The highest BCUT2D eigenvalue weighted by atomic mass is 19.1. The number of Topliss-reactive ketones (excluding diaryl/α,β-unsaturated/α-hetero) is 1. The third-order valence-electron chi connectivity index (χ3n) is 6.67. The molecule has 162 valence electrons. The van der Waals surface area contributed by atoms with E-state index in [1.165, 1.54) is 12.1 Å². The summed E-state index contributed by atoms with van der Waals surface area (Å²) in [6, 6.07) is 11.3. The lowest BCUT2D eigenvalue weighted by Crippen LogP contribution is -2.37. The van der Waals surface area contributed by atoms with E-state index < -0.39 is 5.60 Å². The van der Waals surface area contributed by atoms with Crippen LogP contribution in [0, 0.1) is 11.7 Å². The maximum absolute atomic E-state index is 13.1. The molecule has 2 aliphatic heterocycles. The Labute approximate surface area is 180 Å². The normalized spacial score (nSPS) is 27.5. The van der Waals surface area contributed by atoms with Crippen molar-refractivity contribution in [2.45, 2.75) is 37.4 Å². The smallest absolute Gasteiger partial charge is 0.224 e. The van der Waals surface area contributed by atoms with Crippen LogP contribution in [0.4, 0.5) is 10.1 Å². The van der Waals surface area contributed by atoms with Crippen molar-refractivity contribution in [3.8, 4) is 5.75 Å². The minimum Gasteiger partial charge on any atom is -0.490 e. The van der Waals surface area contributed by atoms with Crippen LogP contribution in [0.5, 0.6) is 5.75 Å². The summed E-state index contributed by atoms with van der Waals surface area (Å²) in [7, 11) is 0. The second kappa shape index (κ2) is 7.73. The average molecular weight is 424 g/mol. The topological polar surface area (TPSA) is 78.9 Å². The summed E-state index contributed by atoms with van der Waals surface area (Å²) in [4.78, 5) is 26.4. The number of rotatable bonds is 5. The third kappa shape index (κ3) is 4.07. The van der Waals surface area contributed by atoms with Gasteiger partial charge >= 0.3 is 0 Å². The maximum Gasteiger partial charge on any atom is 0.224 e. The van der Waals surface area contributed by atoms with Gasteiger partial charge in [0.25, 0.3) is 0 Å². The monoisotopic (exact) mass is 424 g/mol. The molecular weight excluding hydrogens is 399 g/mol. The van der Waals surface area contributed by atoms with Gasteiger partial charge in [-0.1, -0.05) is 0 Å². The number of amides is 1. The lowest BCUT2D eigenvalue weighted by atomic mass is 9.95. The molecule has 2 fully saturated rings. The van der Waals surface area contributed by atoms with Gasteiger partial charge in [0, 0.05) is 43.1 Å². The Balaban J connectivity index is 1.18. The number of likely N-dealkylation sites (tertiary alicyclic amines) is 1. The number of aliphatic hydroxyl groups is 1. The van der Waals surface area contributed by atoms with Crippen LogP contribution >= 0.6 is 0 Å². The largest absolute Gasteiger partial charge is 0.490 e. The molecular formula is C24H25FN2O4. The van der Waals surface area contributed by atoms with Crippen molar-refractivity contribution in [1.82, 2.24) is 4.90 Å². The van der Waals surface area contributed by atoms with Crippen LogP contribution in [-0.4, -0.2) is 53.0 Å². The number of β-amino-alcohol motifs (C(OH)–C–C–N with tert-alkyl or cyclic N) is 1. The highest BCUT2D eigenvalue weighted by molar-refractivity contribution is 6.00. The third-order valence-corrected chi connectivity index (χ3v) is 6.67. The number of halogens is 1. The summed E-state index contributed by atoms with van der Waals surface area (Å²) in [5.41, 5.74) is 1.54. The SMILES string of the molecule is O=C1CCc2cc(C(=O)CN3C[C@H]4C[C@H](Oc5ccc(F)cc5)C[C@@]4(O)C3)ccc2N1. The Morgan fingerprint density at radius 1 is 1.23 bits per heavy atom. The summed E-state index contributed by atoms with van der Waals surface area (Å²) >= 11 is 0. The standard InChI is InChI=1S/C24H25FN2O4/c25-18-3-5-19(6-4-18)31-20-10-17-12-27(14-24(17,30)11-20)13-22(28)16-1-7-21-15(9-16)2-8-23(29)26-21/h1,3-7,9,17,20,30H,2,8,10-14H2,(H,26,29)/t17-,20+,24-/m1/s1. The molecule has 1 saturated carbocycles. The lowest BCUT2D eigenvalue weighted by molar-refractivity contribution is -0.116. The van der Waals surface area contributed by atoms with Crippen molar-refractivity contribution in [1.29, 1.82) is 0 Å². The first-order valence-electron chi connectivity index (χ1n) is 10.7. The predicted octanol–water partition coefficient (Wildman–Crippen LogP) is 2.80. The van der Waals surface area contributed by atoms with Gasteiger partial charge in [0.05, 0.1) is 12.1 Å². The maximum atomic E-state index is 13.1. The van der Waals surface area contributed by atoms with Gasteiger partial charge < -0.3 is 15.2 Å². The predicted molar refractivity (Wildman–Crippen MR) is 113 cm³/mol. The highest BCUT2D eigenvalue weighted by Gasteiger charge is 2.52. The average Bonchev–Trinajstić information content (AvgIpc) is 3.19. The number of ether oxygens (including phenoxy) is 1. The van der Waals surface area contributed by atoms with Crippen LogP contribution in [0.1, 0.15) is 35.2 Å². The molecule has 2 aromatic rings. The summed E-state index contributed by atoms with van der Waals surface area (Å²) in [6.07, 6.45) is 2.17. The van der Waals surface area contributed by atoms with E-state index in [4.69, 9.17) is 4.74 Å². The summed E-state index contributed by atoms with van der Waals surface area (Å²) in [5.74, 6) is 0.362. The van der Waals surface area contributed by atoms with E-state index in [1.807, 2.05) is 11.0 Å². The number of ketones is 1. The van der Waals surface area contributed by atoms with E-state index in [-0.39, 0.29) is 36.1 Å². The number of anilines is 1. The molecule has 2 aromatic carbocycles. The minimum atomic E-state index is -0.870. The molecule has 5 rings (SSSR count). The Bertz CT molecular complexity index is 1020. The Morgan fingerprint density at radius 3 is 2.81 bits per heavy atom. The van der Waals surface area contributed by atoms with Gasteiger partial charge in [0.1, 0.15) is 17.7 Å². The first-order chi connectivity index (χ1) is 14.9. The van der Waals surface area contributed by atoms with E-state index in [9.17, 15) is 19.1 Å². The zero-order valence-electron chi connectivity index (χ0n) is 17.1. The number of carbonyl (C=O) groups excluding carboxylic acids is 2.